The second-order valence-electron chi connectivity index (χ2n) is 8.98. The van der Waals surface area contributed by atoms with Crippen LogP contribution in [-0.4, -0.2) is 35.3 Å². The maximum atomic E-state index is 10.7. The van der Waals surface area contributed by atoms with Crippen LogP contribution in [0.2, 0.25) is 0 Å². The number of aliphatic hydroxyl groups excluding tert-OH is 1. The smallest absolute Gasteiger partial charge is 0.123 e. The lowest BCUT2D eigenvalue weighted by Crippen LogP contribution is -2.42. The fourth-order valence-electron chi connectivity index (χ4n) is 4.86. The van der Waals surface area contributed by atoms with Gasteiger partial charge in [0.1, 0.15) is 18.0 Å². The molecule has 0 saturated heterocycles. The second-order valence-corrected chi connectivity index (χ2v) is 8.98. The Kier molecular flexibility index (Phi) is 6.89. The third kappa shape index (κ3) is 5.61. The van der Waals surface area contributed by atoms with Crippen molar-refractivity contribution >= 4 is 0 Å². The number of fused-ring (bicyclic) bond motifs is 1. The number of hydrogen-bond donors (Lipinski definition) is 1. The second kappa shape index (κ2) is 9.77. The summed E-state index contributed by atoms with van der Waals surface area (Å²) in [7, 11) is 0. The van der Waals surface area contributed by atoms with Gasteiger partial charge in [0.2, 0.25) is 0 Å². The molecule has 1 aliphatic heterocycles. The Hall–Kier alpha value is -1.84. The lowest BCUT2D eigenvalue weighted by Gasteiger charge is -2.32. The van der Waals surface area contributed by atoms with Gasteiger partial charge in [-0.05, 0) is 60.9 Å². The molecule has 3 heteroatoms. The standard InChI is InChI=1S/C26H35NO2/c1-20(26(28)19-27-16-15-23-10-4-5-11-24(23)18-27)29-25-12-6-9-22(17-25)14-13-21-7-2-3-8-21/h4-6,9-12,17,20-21,26,28H,2-3,7-8,13-16,18-19H2,1H3. The predicted octanol–water partition coefficient (Wildman–Crippen LogP) is 5.00. The normalized spacial score (nSPS) is 19.7. The van der Waals surface area contributed by atoms with Gasteiger partial charge in [-0.2, -0.15) is 0 Å². The molecule has 2 atom stereocenters. The van der Waals surface area contributed by atoms with Crippen LogP contribution in [0, 0.1) is 5.92 Å². The highest BCUT2D eigenvalue weighted by molar-refractivity contribution is 5.30. The monoisotopic (exact) mass is 393 g/mol. The number of nitrogens with zero attached hydrogens (tertiary/aromatic N) is 1. The molecule has 1 heterocycles. The average molecular weight is 394 g/mol. The van der Waals surface area contributed by atoms with Crippen LogP contribution in [-0.2, 0) is 19.4 Å². The first-order valence-corrected chi connectivity index (χ1v) is 11.4. The van der Waals surface area contributed by atoms with Crippen LogP contribution in [0.4, 0.5) is 0 Å². The fourth-order valence-corrected chi connectivity index (χ4v) is 4.86. The Morgan fingerprint density at radius 1 is 1.07 bits per heavy atom. The van der Waals surface area contributed by atoms with Crippen LogP contribution in [0.5, 0.6) is 5.75 Å². The van der Waals surface area contributed by atoms with Gasteiger partial charge >= 0.3 is 0 Å². The largest absolute Gasteiger partial charge is 0.488 e. The molecule has 156 valence electrons. The number of aliphatic hydroxyl groups is 1. The molecule has 2 unspecified atom stereocenters. The van der Waals surface area contributed by atoms with Crippen molar-refractivity contribution in [2.75, 3.05) is 13.1 Å². The minimum Gasteiger partial charge on any atom is -0.488 e. The van der Waals surface area contributed by atoms with E-state index < -0.39 is 6.10 Å². The van der Waals surface area contributed by atoms with Crippen LogP contribution < -0.4 is 4.74 Å². The summed E-state index contributed by atoms with van der Waals surface area (Å²) in [6, 6.07) is 17.1. The van der Waals surface area contributed by atoms with Gasteiger partial charge in [-0.1, -0.05) is 62.1 Å². The summed E-state index contributed by atoms with van der Waals surface area (Å²) in [5, 5.41) is 10.7. The summed E-state index contributed by atoms with van der Waals surface area (Å²) in [6.07, 6.45) is 8.38. The number of ether oxygens (including phenoxy) is 1. The van der Waals surface area contributed by atoms with Crippen molar-refractivity contribution in [1.82, 2.24) is 4.90 Å². The zero-order valence-electron chi connectivity index (χ0n) is 17.7. The third-order valence-corrected chi connectivity index (χ3v) is 6.73. The molecule has 1 aliphatic carbocycles. The van der Waals surface area contributed by atoms with Crippen molar-refractivity contribution in [3.05, 3.63) is 65.2 Å². The van der Waals surface area contributed by atoms with E-state index in [-0.39, 0.29) is 6.10 Å². The van der Waals surface area contributed by atoms with Crippen molar-refractivity contribution < 1.29 is 9.84 Å². The van der Waals surface area contributed by atoms with E-state index >= 15 is 0 Å². The first-order valence-electron chi connectivity index (χ1n) is 11.4. The molecule has 0 radical (unpaired) electrons. The summed E-state index contributed by atoms with van der Waals surface area (Å²) in [5.41, 5.74) is 4.18. The van der Waals surface area contributed by atoms with Gasteiger partial charge in [-0.25, -0.2) is 0 Å². The Morgan fingerprint density at radius 3 is 2.69 bits per heavy atom. The van der Waals surface area contributed by atoms with Gasteiger partial charge in [0.25, 0.3) is 0 Å². The quantitative estimate of drug-likeness (QED) is 0.685. The summed E-state index contributed by atoms with van der Waals surface area (Å²) in [5.74, 6) is 1.79. The zero-order chi connectivity index (χ0) is 20.1. The van der Waals surface area contributed by atoms with Gasteiger partial charge in [0, 0.05) is 19.6 Å². The zero-order valence-corrected chi connectivity index (χ0v) is 17.7. The number of aryl methyl sites for hydroxylation is 1. The minimum atomic E-state index is -0.498. The van der Waals surface area contributed by atoms with E-state index in [1.54, 1.807) is 0 Å². The summed E-state index contributed by atoms with van der Waals surface area (Å²) < 4.78 is 6.12. The SMILES string of the molecule is CC(Oc1cccc(CCC2CCCC2)c1)C(O)CN1CCc2ccccc2C1. The van der Waals surface area contributed by atoms with E-state index in [4.69, 9.17) is 4.74 Å². The first-order chi connectivity index (χ1) is 14.2. The topological polar surface area (TPSA) is 32.7 Å². The van der Waals surface area contributed by atoms with E-state index in [9.17, 15) is 5.11 Å². The van der Waals surface area contributed by atoms with Crippen molar-refractivity contribution in [3.63, 3.8) is 0 Å². The van der Waals surface area contributed by atoms with Crippen LogP contribution in [0.25, 0.3) is 0 Å². The van der Waals surface area contributed by atoms with Crippen LogP contribution in [0.15, 0.2) is 48.5 Å². The highest BCUT2D eigenvalue weighted by Gasteiger charge is 2.23. The lowest BCUT2D eigenvalue weighted by molar-refractivity contribution is 0.0178. The molecule has 2 aliphatic rings. The fraction of sp³-hybridized carbons (Fsp3) is 0.538. The maximum Gasteiger partial charge on any atom is 0.123 e. The minimum absolute atomic E-state index is 0.225. The van der Waals surface area contributed by atoms with E-state index in [1.165, 1.54) is 48.8 Å². The molecule has 29 heavy (non-hydrogen) atoms. The van der Waals surface area contributed by atoms with Crippen molar-refractivity contribution in [2.45, 2.75) is 70.6 Å². The Labute approximate surface area is 175 Å². The van der Waals surface area contributed by atoms with Gasteiger partial charge in [0.15, 0.2) is 0 Å². The highest BCUT2D eigenvalue weighted by atomic mass is 16.5. The molecule has 0 spiro atoms. The van der Waals surface area contributed by atoms with E-state index in [2.05, 4.69) is 47.4 Å². The number of hydrogen-bond acceptors (Lipinski definition) is 3. The molecule has 1 fully saturated rings. The maximum absolute atomic E-state index is 10.7. The summed E-state index contributed by atoms with van der Waals surface area (Å²) in [4.78, 5) is 2.34. The molecule has 4 rings (SSSR count). The van der Waals surface area contributed by atoms with Gasteiger partial charge in [0.05, 0.1) is 0 Å². The lowest BCUT2D eigenvalue weighted by atomic mass is 9.98. The Balaban J connectivity index is 1.27. The Morgan fingerprint density at radius 2 is 1.86 bits per heavy atom. The molecule has 2 aromatic carbocycles. The highest BCUT2D eigenvalue weighted by Crippen LogP contribution is 2.29. The molecule has 1 saturated carbocycles. The predicted molar refractivity (Wildman–Crippen MR) is 118 cm³/mol. The number of rotatable bonds is 8. The molecule has 0 amide bonds. The molecular weight excluding hydrogens is 358 g/mol. The molecule has 0 aromatic heterocycles. The first kappa shape index (κ1) is 20.4. The van der Waals surface area contributed by atoms with Crippen molar-refractivity contribution in [2.24, 2.45) is 5.92 Å². The van der Waals surface area contributed by atoms with E-state index in [0.717, 1.165) is 37.6 Å². The molecule has 3 nitrogen and oxygen atoms in total. The molecular formula is C26H35NO2. The van der Waals surface area contributed by atoms with Crippen LogP contribution in [0.3, 0.4) is 0 Å². The van der Waals surface area contributed by atoms with E-state index in [0.29, 0.717) is 6.54 Å². The van der Waals surface area contributed by atoms with Crippen LogP contribution in [0.1, 0.15) is 55.7 Å². The number of benzene rings is 2. The average Bonchev–Trinajstić information content (AvgIpc) is 3.26. The van der Waals surface area contributed by atoms with Crippen molar-refractivity contribution in [1.29, 1.82) is 0 Å². The van der Waals surface area contributed by atoms with Gasteiger partial charge in [-0.15, -0.1) is 0 Å². The molecule has 2 aromatic rings. The van der Waals surface area contributed by atoms with E-state index in [1.807, 2.05) is 13.0 Å². The van der Waals surface area contributed by atoms with Crippen molar-refractivity contribution in [3.8, 4) is 5.75 Å². The third-order valence-electron chi connectivity index (χ3n) is 6.73. The van der Waals surface area contributed by atoms with Gasteiger partial charge in [-0.3, -0.25) is 4.90 Å². The van der Waals surface area contributed by atoms with Gasteiger partial charge < -0.3 is 9.84 Å². The molecule has 1 N–H and O–H groups in total. The summed E-state index contributed by atoms with van der Waals surface area (Å²) >= 11 is 0. The van der Waals surface area contributed by atoms with Crippen LogP contribution >= 0.6 is 0 Å². The molecule has 0 bridgehead atoms. The Bertz CT molecular complexity index is 784. The summed E-state index contributed by atoms with van der Waals surface area (Å²) in [6.45, 7) is 4.54. The number of β-amino-alcohol motifs (C(OH)–C–C–N with tert-alkyl or cyclic N) is 1.